The fourth-order valence-electron chi connectivity index (χ4n) is 1.78. The molecule has 0 aromatic heterocycles. The van der Waals surface area contributed by atoms with Crippen molar-refractivity contribution < 1.29 is 14.5 Å². The molecule has 0 radical (unpaired) electrons. The Morgan fingerprint density at radius 1 is 1.11 bits per heavy atom. The number of aryl methyl sites for hydroxylation is 1. The smallest absolute Gasteiger partial charge is 0.489 e. The lowest BCUT2D eigenvalue weighted by molar-refractivity contribution is 0.424. The van der Waals surface area contributed by atoms with E-state index in [1.165, 1.54) is 0 Å². The van der Waals surface area contributed by atoms with E-state index < -0.39 is 15.4 Å². The third-order valence-electron chi connectivity index (χ3n) is 4.11. The van der Waals surface area contributed by atoms with Crippen LogP contribution in [0.15, 0.2) is 12.1 Å². The molecule has 0 fully saturated rings. The summed E-state index contributed by atoms with van der Waals surface area (Å²) in [6, 6.07) is 3.81. The molecular weight excluding hydrogens is 255 g/mol. The van der Waals surface area contributed by atoms with Crippen molar-refractivity contribution >= 4 is 20.9 Å². The van der Waals surface area contributed by atoms with E-state index in [1.54, 1.807) is 0 Å². The molecule has 0 aliphatic heterocycles. The Morgan fingerprint density at radius 2 is 1.63 bits per heavy atom. The molecule has 106 valence electrons. The van der Waals surface area contributed by atoms with Crippen LogP contribution in [0.25, 0.3) is 0 Å². The first-order valence-electron chi connectivity index (χ1n) is 6.62. The standard InChI is InChI=1S/C14H25BO3Si/c1-10-8-9-12(11(2)13(10)15(16)17)18-19(6,7)14(3,4)5/h8-9,16-17H,1-7H3. The molecule has 0 saturated heterocycles. The van der Waals surface area contributed by atoms with Gasteiger partial charge in [-0.2, -0.15) is 0 Å². The third kappa shape index (κ3) is 3.41. The SMILES string of the molecule is Cc1ccc(O[Si](C)(C)C(C)(C)C)c(C)c1B(O)O. The molecule has 0 amide bonds. The fraction of sp³-hybridized carbons (Fsp3) is 0.571. The summed E-state index contributed by atoms with van der Waals surface area (Å²) in [4.78, 5) is 0. The second-order valence-corrected chi connectivity index (χ2v) is 11.4. The lowest BCUT2D eigenvalue weighted by Crippen LogP contribution is -2.44. The molecular formula is C14H25BO3Si. The van der Waals surface area contributed by atoms with Gasteiger partial charge in [0.15, 0.2) is 0 Å². The highest BCUT2D eigenvalue weighted by atomic mass is 28.4. The first-order valence-corrected chi connectivity index (χ1v) is 9.53. The summed E-state index contributed by atoms with van der Waals surface area (Å²) in [5.74, 6) is 0.764. The molecule has 0 unspecified atom stereocenters. The van der Waals surface area contributed by atoms with E-state index >= 15 is 0 Å². The summed E-state index contributed by atoms with van der Waals surface area (Å²) in [5, 5.41) is 19.1. The van der Waals surface area contributed by atoms with E-state index in [9.17, 15) is 10.0 Å². The summed E-state index contributed by atoms with van der Waals surface area (Å²) in [7, 11) is -3.37. The van der Waals surface area contributed by atoms with Crippen LogP contribution in [-0.4, -0.2) is 25.5 Å². The highest BCUT2D eigenvalue weighted by molar-refractivity contribution is 6.74. The minimum Gasteiger partial charge on any atom is -0.543 e. The van der Waals surface area contributed by atoms with Crippen LogP contribution >= 0.6 is 0 Å². The highest BCUT2D eigenvalue weighted by Crippen LogP contribution is 2.37. The average molecular weight is 280 g/mol. The van der Waals surface area contributed by atoms with Gasteiger partial charge in [0.05, 0.1) is 0 Å². The van der Waals surface area contributed by atoms with Crippen molar-refractivity contribution in [2.24, 2.45) is 0 Å². The second kappa shape index (κ2) is 5.31. The maximum absolute atomic E-state index is 9.48. The summed E-state index contributed by atoms with van der Waals surface area (Å²) in [6.07, 6.45) is 0. The normalized spacial score (nSPS) is 12.5. The van der Waals surface area contributed by atoms with Gasteiger partial charge in [0.25, 0.3) is 0 Å². The molecule has 5 heteroatoms. The number of hydrogen-bond donors (Lipinski definition) is 2. The van der Waals surface area contributed by atoms with Crippen LogP contribution < -0.4 is 9.89 Å². The van der Waals surface area contributed by atoms with Crippen molar-refractivity contribution in [1.29, 1.82) is 0 Å². The van der Waals surface area contributed by atoms with Gasteiger partial charge < -0.3 is 14.5 Å². The van der Waals surface area contributed by atoms with Crippen molar-refractivity contribution in [3.05, 3.63) is 23.3 Å². The summed E-state index contributed by atoms with van der Waals surface area (Å²) < 4.78 is 6.26. The Bertz CT molecular complexity index is 464. The van der Waals surface area contributed by atoms with Gasteiger partial charge in [-0.25, -0.2) is 0 Å². The van der Waals surface area contributed by atoms with Gasteiger partial charge in [-0.1, -0.05) is 32.4 Å². The van der Waals surface area contributed by atoms with Crippen molar-refractivity contribution in [2.75, 3.05) is 0 Å². The van der Waals surface area contributed by atoms with E-state index in [1.807, 2.05) is 26.0 Å². The van der Waals surface area contributed by atoms with Crippen LogP contribution in [0.4, 0.5) is 0 Å². The molecule has 2 N–H and O–H groups in total. The predicted octanol–water partition coefficient (Wildman–Crippen LogP) is 2.37. The van der Waals surface area contributed by atoms with Crippen molar-refractivity contribution in [2.45, 2.75) is 52.8 Å². The van der Waals surface area contributed by atoms with E-state index in [2.05, 4.69) is 33.9 Å². The van der Waals surface area contributed by atoms with Crippen LogP contribution in [0, 0.1) is 13.8 Å². The molecule has 0 saturated carbocycles. The van der Waals surface area contributed by atoms with Crippen LogP contribution in [0.2, 0.25) is 18.1 Å². The molecule has 0 aliphatic rings. The van der Waals surface area contributed by atoms with E-state index in [-0.39, 0.29) is 5.04 Å². The predicted molar refractivity (Wildman–Crippen MR) is 83.6 cm³/mol. The monoisotopic (exact) mass is 280 g/mol. The van der Waals surface area contributed by atoms with Gasteiger partial charge in [-0.05, 0) is 49.1 Å². The first kappa shape index (κ1) is 16.3. The van der Waals surface area contributed by atoms with Crippen molar-refractivity contribution in [3.63, 3.8) is 0 Å². The Balaban J connectivity index is 3.21. The zero-order valence-corrected chi connectivity index (χ0v) is 14.0. The Labute approximate surface area is 117 Å². The lowest BCUT2D eigenvalue weighted by atomic mass is 9.74. The molecule has 3 nitrogen and oxygen atoms in total. The van der Waals surface area contributed by atoms with Gasteiger partial charge in [-0.3, -0.25) is 0 Å². The van der Waals surface area contributed by atoms with Crippen molar-refractivity contribution in [1.82, 2.24) is 0 Å². The van der Waals surface area contributed by atoms with Crippen LogP contribution in [0.5, 0.6) is 5.75 Å². The minimum atomic E-state index is -1.92. The van der Waals surface area contributed by atoms with Gasteiger partial charge in [0.2, 0.25) is 8.32 Å². The van der Waals surface area contributed by atoms with Gasteiger partial charge in [-0.15, -0.1) is 0 Å². The van der Waals surface area contributed by atoms with E-state index in [0.29, 0.717) is 5.46 Å². The summed E-state index contributed by atoms with van der Waals surface area (Å²) in [6.45, 7) is 14.7. The topological polar surface area (TPSA) is 49.7 Å². The maximum Gasteiger partial charge on any atom is 0.489 e. The van der Waals surface area contributed by atoms with Crippen LogP contribution in [0.3, 0.4) is 0 Å². The maximum atomic E-state index is 9.48. The second-order valence-electron chi connectivity index (χ2n) is 6.66. The Hall–Kier alpha value is -0.778. The molecule has 0 spiro atoms. The molecule has 0 atom stereocenters. The molecule has 1 aromatic rings. The fourth-order valence-corrected chi connectivity index (χ4v) is 2.86. The zero-order chi connectivity index (χ0) is 15.0. The largest absolute Gasteiger partial charge is 0.543 e. The first-order chi connectivity index (χ1) is 8.47. The Kier molecular flexibility index (Phi) is 4.55. The molecule has 0 aliphatic carbocycles. The summed E-state index contributed by atoms with van der Waals surface area (Å²) >= 11 is 0. The lowest BCUT2D eigenvalue weighted by Gasteiger charge is -2.37. The van der Waals surface area contributed by atoms with E-state index in [4.69, 9.17) is 4.43 Å². The molecule has 19 heavy (non-hydrogen) atoms. The van der Waals surface area contributed by atoms with Crippen LogP contribution in [-0.2, 0) is 0 Å². The van der Waals surface area contributed by atoms with Gasteiger partial charge >= 0.3 is 7.12 Å². The zero-order valence-electron chi connectivity index (χ0n) is 13.0. The van der Waals surface area contributed by atoms with E-state index in [0.717, 1.165) is 16.9 Å². The highest BCUT2D eigenvalue weighted by Gasteiger charge is 2.39. The number of benzene rings is 1. The average Bonchev–Trinajstić information content (AvgIpc) is 2.20. The minimum absolute atomic E-state index is 0.113. The van der Waals surface area contributed by atoms with Gasteiger partial charge in [0, 0.05) is 0 Å². The Morgan fingerprint density at radius 3 is 2.05 bits per heavy atom. The van der Waals surface area contributed by atoms with Gasteiger partial charge in [0.1, 0.15) is 5.75 Å². The molecule has 1 rings (SSSR count). The molecule has 1 aromatic carbocycles. The third-order valence-corrected chi connectivity index (χ3v) is 8.46. The molecule has 0 heterocycles. The number of rotatable bonds is 3. The number of hydrogen-bond acceptors (Lipinski definition) is 3. The summed E-state index contributed by atoms with van der Waals surface area (Å²) in [5.41, 5.74) is 2.24. The molecule has 0 bridgehead atoms. The van der Waals surface area contributed by atoms with Crippen LogP contribution in [0.1, 0.15) is 31.9 Å². The van der Waals surface area contributed by atoms with Crippen molar-refractivity contribution in [3.8, 4) is 5.75 Å². The quantitative estimate of drug-likeness (QED) is 0.836.